The molecule has 0 bridgehead atoms. The van der Waals surface area contributed by atoms with Crippen LogP contribution in [0.15, 0.2) is 22.7 Å². The lowest BCUT2D eigenvalue weighted by molar-refractivity contribution is 0.111. The Balaban J connectivity index is 2.71. The molecule has 0 N–H and O–H groups in total. The van der Waals surface area contributed by atoms with Crippen LogP contribution in [0.4, 0.5) is 0 Å². The van der Waals surface area contributed by atoms with E-state index >= 15 is 0 Å². The Morgan fingerprint density at radius 2 is 2.38 bits per heavy atom. The molecule has 0 fully saturated rings. The van der Waals surface area contributed by atoms with Crippen molar-refractivity contribution < 1.29 is 14.1 Å². The topological polar surface area (TPSA) is 52.3 Å². The Kier molecular flexibility index (Phi) is 1.73. The second kappa shape index (κ2) is 2.90. The highest BCUT2D eigenvalue weighted by atomic mass is 16.5. The summed E-state index contributed by atoms with van der Waals surface area (Å²) in [6.07, 6.45) is 0.658. The van der Waals surface area contributed by atoms with Gasteiger partial charge in [-0.1, -0.05) is 5.16 Å². The maximum atomic E-state index is 10.5. The summed E-state index contributed by atoms with van der Waals surface area (Å²) in [4.78, 5) is 10.5. The molecule has 0 aliphatic rings. The van der Waals surface area contributed by atoms with Crippen molar-refractivity contribution in [3.8, 4) is 5.75 Å². The zero-order chi connectivity index (χ0) is 9.26. The Bertz CT molecular complexity index is 447. The van der Waals surface area contributed by atoms with Gasteiger partial charge < -0.3 is 9.26 Å². The van der Waals surface area contributed by atoms with Crippen LogP contribution in [-0.4, -0.2) is 18.6 Å². The zero-order valence-electron chi connectivity index (χ0n) is 6.98. The number of aromatic nitrogens is 1. The monoisotopic (exact) mass is 177 g/mol. The predicted molar refractivity (Wildman–Crippen MR) is 45.9 cm³/mol. The van der Waals surface area contributed by atoms with E-state index in [0.717, 1.165) is 0 Å². The minimum atomic E-state index is 0.300. The van der Waals surface area contributed by atoms with Crippen LogP contribution < -0.4 is 4.74 Å². The minimum absolute atomic E-state index is 0.300. The summed E-state index contributed by atoms with van der Waals surface area (Å²) in [5, 5.41) is 4.27. The fourth-order valence-electron chi connectivity index (χ4n) is 1.15. The summed E-state index contributed by atoms with van der Waals surface area (Å²) < 4.78 is 9.91. The molecule has 0 spiro atoms. The molecule has 0 amide bonds. The smallest absolute Gasteiger partial charge is 0.172 e. The van der Waals surface area contributed by atoms with Crippen molar-refractivity contribution in [2.45, 2.75) is 0 Å². The van der Waals surface area contributed by atoms with Gasteiger partial charge in [0, 0.05) is 0 Å². The van der Waals surface area contributed by atoms with Gasteiger partial charge in [0.05, 0.1) is 12.5 Å². The van der Waals surface area contributed by atoms with Crippen LogP contribution in [-0.2, 0) is 0 Å². The number of hydrogen-bond donors (Lipinski definition) is 0. The highest BCUT2D eigenvalue weighted by Crippen LogP contribution is 2.22. The van der Waals surface area contributed by atoms with Gasteiger partial charge in [-0.2, -0.15) is 0 Å². The van der Waals surface area contributed by atoms with Crippen LogP contribution in [0, 0.1) is 0 Å². The number of ether oxygens (including phenoxy) is 1. The molecule has 4 heteroatoms. The third-order valence-corrected chi connectivity index (χ3v) is 1.82. The number of nitrogens with zero attached hydrogens (tertiary/aromatic N) is 1. The van der Waals surface area contributed by atoms with Crippen LogP contribution >= 0.6 is 0 Å². The molecule has 0 unspecified atom stereocenters. The number of carbonyl (C=O) groups is 1. The van der Waals surface area contributed by atoms with Crippen molar-refractivity contribution in [1.29, 1.82) is 0 Å². The van der Waals surface area contributed by atoms with Gasteiger partial charge in [0.1, 0.15) is 5.75 Å². The maximum Gasteiger partial charge on any atom is 0.172 e. The number of rotatable bonds is 2. The van der Waals surface area contributed by atoms with Gasteiger partial charge in [-0.3, -0.25) is 4.79 Å². The molecule has 0 saturated carbocycles. The number of aldehydes is 1. The van der Waals surface area contributed by atoms with Crippen molar-refractivity contribution in [2.24, 2.45) is 0 Å². The molecule has 2 rings (SSSR count). The summed E-state index contributed by atoms with van der Waals surface area (Å²) in [5.74, 6) is 0.679. The Hall–Kier alpha value is -1.84. The molecular weight excluding hydrogens is 170 g/mol. The van der Waals surface area contributed by atoms with Crippen molar-refractivity contribution >= 4 is 17.3 Å². The summed E-state index contributed by atoms with van der Waals surface area (Å²) in [7, 11) is 1.56. The first-order valence-corrected chi connectivity index (χ1v) is 3.74. The van der Waals surface area contributed by atoms with Gasteiger partial charge in [0.2, 0.25) is 0 Å². The van der Waals surface area contributed by atoms with E-state index in [-0.39, 0.29) is 0 Å². The molecular formula is C9H7NO3. The van der Waals surface area contributed by atoms with Crippen LogP contribution in [0.1, 0.15) is 10.5 Å². The van der Waals surface area contributed by atoms with Gasteiger partial charge in [-0.15, -0.1) is 0 Å². The molecule has 0 aliphatic carbocycles. The van der Waals surface area contributed by atoms with E-state index in [1.807, 2.05) is 0 Å². The second-order valence-corrected chi connectivity index (χ2v) is 2.55. The van der Waals surface area contributed by atoms with Crippen LogP contribution in [0.25, 0.3) is 11.0 Å². The van der Waals surface area contributed by atoms with E-state index in [9.17, 15) is 4.79 Å². The largest absolute Gasteiger partial charge is 0.497 e. The van der Waals surface area contributed by atoms with Crippen molar-refractivity contribution in [3.63, 3.8) is 0 Å². The van der Waals surface area contributed by atoms with E-state index in [0.29, 0.717) is 28.7 Å². The summed E-state index contributed by atoms with van der Waals surface area (Å²) in [6, 6.07) is 5.19. The summed E-state index contributed by atoms with van der Waals surface area (Å²) in [6.45, 7) is 0. The molecule has 1 aromatic carbocycles. The van der Waals surface area contributed by atoms with Crippen molar-refractivity contribution in [2.75, 3.05) is 7.11 Å². The normalized spacial score (nSPS) is 10.2. The lowest BCUT2D eigenvalue weighted by Gasteiger charge is -1.96. The van der Waals surface area contributed by atoms with Crippen LogP contribution in [0.2, 0.25) is 0 Å². The molecule has 2 aromatic rings. The first kappa shape index (κ1) is 7.79. The fourth-order valence-corrected chi connectivity index (χ4v) is 1.15. The molecule has 13 heavy (non-hydrogen) atoms. The SMILES string of the molecule is COc1ccc2onc(C=O)c2c1. The van der Waals surface area contributed by atoms with E-state index < -0.39 is 0 Å². The molecule has 0 saturated heterocycles. The third-order valence-electron chi connectivity index (χ3n) is 1.82. The number of fused-ring (bicyclic) bond motifs is 1. The number of methoxy groups -OCH3 is 1. The van der Waals surface area contributed by atoms with Gasteiger partial charge in [-0.05, 0) is 18.2 Å². The van der Waals surface area contributed by atoms with E-state index in [2.05, 4.69) is 5.16 Å². The van der Waals surface area contributed by atoms with E-state index in [1.54, 1.807) is 25.3 Å². The number of hydrogen-bond acceptors (Lipinski definition) is 4. The Labute approximate surface area is 74.1 Å². The number of benzene rings is 1. The average molecular weight is 177 g/mol. The molecule has 4 nitrogen and oxygen atoms in total. The second-order valence-electron chi connectivity index (χ2n) is 2.55. The highest BCUT2D eigenvalue weighted by molar-refractivity contribution is 5.94. The van der Waals surface area contributed by atoms with Crippen molar-refractivity contribution in [1.82, 2.24) is 5.16 Å². The third kappa shape index (κ3) is 1.16. The first-order chi connectivity index (χ1) is 6.35. The maximum absolute atomic E-state index is 10.5. The lowest BCUT2D eigenvalue weighted by Crippen LogP contribution is -1.82. The minimum Gasteiger partial charge on any atom is -0.497 e. The zero-order valence-corrected chi connectivity index (χ0v) is 6.98. The van der Waals surface area contributed by atoms with E-state index in [4.69, 9.17) is 9.26 Å². The van der Waals surface area contributed by atoms with Gasteiger partial charge in [0.25, 0.3) is 0 Å². The summed E-state index contributed by atoms with van der Waals surface area (Å²) >= 11 is 0. The summed E-state index contributed by atoms with van der Waals surface area (Å²) in [5.41, 5.74) is 0.886. The quantitative estimate of drug-likeness (QED) is 0.654. The molecule has 66 valence electrons. The molecule has 0 atom stereocenters. The highest BCUT2D eigenvalue weighted by Gasteiger charge is 2.07. The standard InChI is InChI=1S/C9H7NO3/c1-12-6-2-3-9-7(4-6)8(5-11)10-13-9/h2-5H,1H3. The van der Waals surface area contributed by atoms with Gasteiger partial charge in [0.15, 0.2) is 17.6 Å². The van der Waals surface area contributed by atoms with Gasteiger partial charge in [-0.25, -0.2) is 0 Å². The van der Waals surface area contributed by atoms with Crippen LogP contribution in [0.3, 0.4) is 0 Å². The lowest BCUT2D eigenvalue weighted by atomic mass is 10.2. The number of carbonyl (C=O) groups excluding carboxylic acids is 1. The first-order valence-electron chi connectivity index (χ1n) is 3.74. The van der Waals surface area contributed by atoms with Crippen LogP contribution in [0.5, 0.6) is 5.75 Å². The molecule has 1 heterocycles. The Morgan fingerprint density at radius 3 is 3.08 bits per heavy atom. The van der Waals surface area contributed by atoms with Crippen molar-refractivity contribution in [3.05, 3.63) is 23.9 Å². The van der Waals surface area contributed by atoms with Gasteiger partial charge >= 0.3 is 0 Å². The molecule has 1 aromatic heterocycles. The predicted octanol–water partition coefficient (Wildman–Crippen LogP) is 1.65. The fraction of sp³-hybridized carbons (Fsp3) is 0.111. The molecule has 0 aliphatic heterocycles. The molecule has 0 radical (unpaired) electrons. The average Bonchev–Trinajstić information content (AvgIpc) is 2.59. The van der Waals surface area contributed by atoms with E-state index in [1.165, 1.54) is 0 Å². The Morgan fingerprint density at radius 1 is 1.54 bits per heavy atom.